The zero-order valence-corrected chi connectivity index (χ0v) is 22.1. The Morgan fingerprint density at radius 3 is 2.08 bits per heavy atom. The predicted octanol–water partition coefficient (Wildman–Crippen LogP) is 4.93. The fourth-order valence-corrected chi connectivity index (χ4v) is 5.36. The monoisotopic (exact) mass is 527 g/mol. The van der Waals surface area contributed by atoms with Gasteiger partial charge in [0.05, 0.1) is 14.2 Å². The van der Waals surface area contributed by atoms with Gasteiger partial charge in [0.2, 0.25) is 5.78 Å². The number of ether oxygens (including phenoxy) is 2. The van der Waals surface area contributed by atoms with Crippen molar-refractivity contribution in [1.82, 2.24) is 0 Å². The molecule has 0 aliphatic heterocycles. The SMILES string of the molecule is COC(=O)CCC1(CCC(=O)OC)c2ccccc2-c2ccc(C(=O)/C(=N/OC=O)c3ccccc3C)cc21. The number of carbonyl (C=O) groups is 4. The highest BCUT2D eigenvalue weighted by Crippen LogP contribution is 2.54. The molecular formula is C31H29NO7. The molecule has 0 radical (unpaired) electrons. The lowest BCUT2D eigenvalue weighted by atomic mass is 9.71. The summed E-state index contributed by atoms with van der Waals surface area (Å²) in [5, 5.41) is 3.84. The maximum absolute atomic E-state index is 13.8. The van der Waals surface area contributed by atoms with Crippen LogP contribution in [0.25, 0.3) is 11.1 Å². The van der Waals surface area contributed by atoms with E-state index in [1.54, 1.807) is 24.3 Å². The highest BCUT2D eigenvalue weighted by Gasteiger charge is 2.44. The molecule has 3 aromatic carbocycles. The van der Waals surface area contributed by atoms with Crippen molar-refractivity contribution in [1.29, 1.82) is 0 Å². The van der Waals surface area contributed by atoms with E-state index in [9.17, 15) is 19.2 Å². The molecule has 0 saturated carbocycles. The van der Waals surface area contributed by atoms with E-state index in [4.69, 9.17) is 9.47 Å². The van der Waals surface area contributed by atoms with Gasteiger partial charge in [0.25, 0.3) is 0 Å². The largest absolute Gasteiger partial charge is 0.469 e. The molecule has 0 atom stereocenters. The molecule has 0 spiro atoms. The summed E-state index contributed by atoms with van der Waals surface area (Å²) in [7, 11) is 2.68. The first-order valence-electron chi connectivity index (χ1n) is 12.5. The van der Waals surface area contributed by atoms with E-state index in [-0.39, 0.29) is 37.0 Å². The van der Waals surface area contributed by atoms with E-state index in [0.29, 0.717) is 24.0 Å². The lowest BCUT2D eigenvalue weighted by molar-refractivity contribution is -0.141. The summed E-state index contributed by atoms with van der Waals surface area (Å²) >= 11 is 0. The quantitative estimate of drug-likeness (QED) is 0.0869. The zero-order valence-electron chi connectivity index (χ0n) is 22.1. The molecule has 39 heavy (non-hydrogen) atoms. The third-order valence-electron chi connectivity index (χ3n) is 7.30. The van der Waals surface area contributed by atoms with Crippen LogP contribution in [0, 0.1) is 6.92 Å². The second-order valence-corrected chi connectivity index (χ2v) is 9.33. The van der Waals surface area contributed by atoms with Crippen LogP contribution in [-0.4, -0.2) is 44.1 Å². The Morgan fingerprint density at radius 1 is 0.821 bits per heavy atom. The fourth-order valence-electron chi connectivity index (χ4n) is 5.36. The number of benzene rings is 3. The molecule has 1 aliphatic rings. The van der Waals surface area contributed by atoms with Crippen LogP contribution in [0.15, 0.2) is 71.9 Å². The third kappa shape index (κ3) is 5.36. The number of esters is 2. The van der Waals surface area contributed by atoms with Gasteiger partial charge in [-0.05, 0) is 53.6 Å². The van der Waals surface area contributed by atoms with Gasteiger partial charge in [-0.2, -0.15) is 0 Å². The maximum Gasteiger partial charge on any atom is 0.323 e. The van der Waals surface area contributed by atoms with Gasteiger partial charge in [-0.1, -0.05) is 65.8 Å². The number of fused-ring (bicyclic) bond motifs is 3. The summed E-state index contributed by atoms with van der Waals surface area (Å²) in [6, 6.07) is 20.4. The van der Waals surface area contributed by atoms with Gasteiger partial charge in [0.15, 0.2) is 5.71 Å². The van der Waals surface area contributed by atoms with E-state index in [0.717, 1.165) is 27.8 Å². The van der Waals surface area contributed by atoms with Gasteiger partial charge in [-0.3, -0.25) is 19.2 Å². The molecule has 0 fully saturated rings. The summed E-state index contributed by atoms with van der Waals surface area (Å²) in [4.78, 5) is 54.0. The van der Waals surface area contributed by atoms with E-state index in [1.807, 2.05) is 49.4 Å². The van der Waals surface area contributed by atoms with Gasteiger partial charge in [-0.25, -0.2) is 0 Å². The second-order valence-electron chi connectivity index (χ2n) is 9.33. The Labute approximate surface area is 226 Å². The average molecular weight is 528 g/mol. The second kappa shape index (κ2) is 11.9. The third-order valence-corrected chi connectivity index (χ3v) is 7.30. The van der Waals surface area contributed by atoms with Crippen molar-refractivity contribution in [3.8, 4) is 11.1 Å². The standard InChI is InChI=1S/C31H29NO7/c1-20-8-4-5-9-22(20)29(32-39-19-33)30(36)21-12-13-24-23-10-6-7-11-25(23)31(26(24)18-21,16-14-27(34)37-2)17-15-28(35)38-3/h4-13,18-19H,14-17H2,1-3H3/b32-29+. The van der Waals surface area contributed by atoms with Gasteiger partial charge in [0, 0.05) is 29.4 Å². The highest BCUT2D eigenvalue weighted by atomic mass is 16.7. The number of ketones is 1. The van der Waals surface area contributed by atoms with Crippen molar-refractivity contribution in [2.24, 2.45) is 5.16 Å². The van der Waals surface area contributed by atoms with Gasteiger partial charge in [0.1, 0.15) is 0 Å². The Morgan fingerprint density at radius 2 is 1.44 bits per heavy atom. The molecule has 0 aromatic heterocycles. The molecule has 0 unspecified atom stereocenters. The van der Waals surface area contributed by atoms with Gasteiger partial charge < -0.3 is 14.3 Å². The first-order chi connectivity index (χ1) is 18.9. The van der Waals surface area contributed by atoms with Crippen molar-refractivity contribution in [2.45, 2.75) is 38.0 Å². The normalized spacial score (nSPS) is 13.2. The van der Waals surface area contributed by atoms with E-state index >= 15 is 0 Å². The Kier molecular flexibility index (Phi) is 8.34. The Bertz CT molecular complexity index is 1440. The van der Waals surface area contributed by atoms with Gasteiger partial charge in [-0.15, -0.1) is 0 Å². The number of hydrogen-bond acceptors (Lipinski definition) is 8. The summed E-state index contributed by atoms with van der Waals surface area (Å²) in [6.07, 6.45) is 0.968. The molecule has 8 nitrogen and oxygen atoms in total. The van der Waals surface area contributed by atoms with Crippen molar-refractivity contribution < 1.29 is 33.5 Å². The van der Waals surface area contributed by atoms with Crippen molar-refractivity contribution in [3.05, 3.63) is 94.5 Å². The number of aryl methyl sites for hydroxylation is 1. The number of methoxy groups -OCH3 is 2. The van der Waals surface area contributed by atoms with Crippen molar-refractivity contribution in [3.63, 3.8) is 0 Å². The van der Waals surface area contributed by atoms with Crippen LogP contribution in [-0.2, 0) is 34.1 Å². The molecule has 4 rings (SSSR count). The summed E-state index contributed by atoms with van der Waals surface area (Å²) in [6.45, 7) is 2.00. The summed E-state index contributed by atoms with van der Waals surface area (Å²) < 4.78 is 9.85. The fraction of sp³-hybridized carbons (Fsp3) is 0.258. The van der Waals surface area contributed by atoms with Crippen LogP contribution in [0.5, 0.6) is 0 Å². The average Bonchev–Trinajstić information content (AvgIpc) is 3.24. The summed E-state index contributed by atoms with van der Waals surface area (Å²) in [5.74, 6) is -1.17. The molecule has 0 saturated heterocycles. The van der Waals surface area contributed by atoms with Crippen LogP contribution in [0.3, 0.4) is 0 Å². The number of Topliss-reactive ketones (excluding diaryl/α,β-unsaturated/α-hetero) is 1. The van der Waals surface area contributed by atoms with Gasteiger partial charge >= 0.3 is 18.4 Å². The Hall–Kier alpha value is -4.59. The Balaban J connectivity index is 1.87. The van der Waals surface area contributed by atoms with Crippen LogP contribution in [0.4, 0.5) is 0 Å². The first-order valence-corrected chi connectivity index (χ1v) is 12.5. The molecular weight excluding hydrogens is 498 g/mol. The van der Waals surface area contributed by atoms with Crippen LogP contribution in [0.1, 0.15) is 58.3 Å². The number of oxime groups is 1. The van der Waals surface area contributed by atoms with E-state index in [2.05, 4.69) is 9.99 Å². The molecule has 3 aromatic rings. The van der Waals surface area contributed by atoms with Crippen LogP contribution in [0.2, 0.25) is 0 Å². The molecule has 200 valence electrons. The molecule has 8 heteroatoms. The zero-order chi connectivity index (χ0) is 28.0. The number of rotatable bonds is 11. The van der Waals surface area contributed by atoms with Crippen LogP contribution >= 0.6 is 0 Å². The minimum absolute atomic E-state index is 0.00890. The van der Waals surface area contributed by atoms with Crippen LogP contribution < -0.4 is 0 Å². The summed E-state index contributed by atoms with van der Waals surface area (Å²) in [5.41, 5.74) is 4.58. The highest BCUT2D eigenvalue weighted by molar-refractivity contribution is 6.51. The number of nitrogens with zero attached hydrogens (tertiary/aromatic N) is 1. The topological polar surface area (TPSA) is 108 Å². The maximum atomic E-state index is 13.8. The molecule has 0 amide bonds. The predicted molar refractivity (Wildman–Crippen MR) is 144 cm³/mol. The molecule has 0 N–H and O–H groups in total. The van der Waals surface area contributed by atoms with E-state index < -0.39 is 11.2 Å². The lowest BCUT2D eigenvalue weighted by Crippen LogP contribution is -2.28. The first kappa shape index (κ1) is 27.4. The molecule has 1 aliphatic carbocycles. The lowest BCUT2D eigenvalue weighted by Gasteiger charge is -2.32. The van der Waals surface area contributed by atoms with E-state index in [1.165, 1.54) is 14.2 Å². The molecule has 0 bridgehead atoms. The molecule has 0 heterocycles. The minimum atomic E-state index is -0.746. The minimum Gasteiger partial charge on any atom is -0.469 e. The van der Waals surface area contributed by atoms with Crippen molar-refractivity contribution >= 4 is 29.9 Å². The number of carbonyl (C=O) groups excluding carboxylic acids is 4. The number of hydrogen-bond donors (Lipinski definition) is 0. The smallest absolute Gasteiger partial charge is 0.323 e. The van der Waals surface area contributed by atoms with Crippen molar-refractivity contribution in [2.75, 3.05) is 14.2 Å².